The van der Waals surface area contributed by atoms with E-state index in [1.165, 1.54) is 4.90 Å². The molecule has 1 fully saturated rings. The standard InChI is InChI=1S/C31H42N4O6/c1-31(2,3)41-20-24(32)28(37)33-23(17-21-11-6-4-7-12-21)19-27(36)34-25(18-22-13-8-5-9-14-22)29(38)35-16-10-15-26(35)30(39)40/h4-9,11-14,23-26H,10,15-20,32H2,1-3H3,(H,33,37)(H,34,36)(H,39,40). The zero-order valence-electron chi connectivity index (χ0n) is 24.0. The lowest BCUT2D eigenvalue weighted by Gasteiger charge is -2.28. The van der Waals surface area contributed by atoms with E-state index in [0.29, 0.717) is 25.8 Å². The normalized spacial score (nSPS) is 17.4. The lowest BCUT2D eigenvalue weighted by Crippen LogP contribution is -2.54. The van der Waals surface area contributed by atoms with Gasteiger partial charge in [-0.05, 0) is 51.2 Å². The number of hydrogen-bond acceptors (Lipinski definition) is 6. The van der Waals surface area contributed by atoms with Crippen molar-refractivity contribution in [2.45, 2.75) is 82.6 Å². The molecule has 0 saturated carbocycles. The summed E-state index contributed by atoms with van der Waals surface area (Å²) in [5.74, 6) is -2.37. The van der Waals surface area contributed by atoms with Gasteiger partial charge in [-0.3, -0.25) is 14.4 Å². The minimum Gasteiger partial charge on any atom is -0.480 e. The maximum Gasteiger partial charge on any atom is 0.326 e. The Balaban J connectivity index is 1.75. The Hall–Kier alpha value is -3.76. The molecule has 0 bridgehead atoms. The summed E-state index contributed by atoms with van der Waals surface area (Å²) in [5, 5.41) is 15.3. The summed E-state index contributed by atoms with van der Waals surface area (Å²) in [4.78, 5) is 52.9. The highest BCUT2D eigenvalue weighted by Crippen LogP contribution is 2.20. The molecule has 2 aromatic rings. The maximum atomic E-state index is 13.5. The fourth-order valence-electron chi connectivity index (χ4n) is 4.81. The lowest BCUT2D eigenvalue weighted by atomic mass is 10.0. The van der Waals surface area contributed by atoms with Crippen molar-refractivity contribution in [1.29, 1.82) is 0 Å². The van der Waals surface area contributed by atoms with Crippen LogP contribution in [-0.2, 0) is 36.8 Å². The van der Waals surface area contributed by atoms with E-state index in [9.17, 15) is 24.3 Å². The number of carbonyl (C=O) groups excluding carboxylic acids is 3. The Labute approximate surface area is 241 Å². The molecule has 10 heteroatoms. The first-order chi connectivity index (χ1) is 19.4. The van der Waals surface area contributed by atoms with Gasteiger partial charge in [0, 0.05) is 25.4 Å². The molecule has 0 aliphatic carbocycles. The topological polar surface area (TPSA) is 151 Å². The van der Waals surface area contributed by atoms with E-state index in [-0.39, 0.29) is 19.4 Å². The molecule has 5 N–H and O–H groups in total. The molecule has 0 aromatic heterocycles. The van der Waals surface area contributed by atoms with Crippen molar-refractivity contribution in [3.63, 3.8) is 0 Å². The van der Waals surface area contributed by atoms with Crippen LogP contribution in [0.15, 0.2) is 60.7 Å². The molecule has 4 atom stereocenters. The third-order valence-electron chi connectivity index (χ3n) is 6.87. The first-order valence-corrected chi connectivity index (χ1v) is 14.0. The van der Waals surface area contributed by atoms with Crippen molar-refractivity contribution >= 4 is 23.7 Å². The molecule has 0 spiro atoms. The zero-order chi connectivity index (χ0) is 30.0. The molecule has 222 valence electrons. The van der Waals surface area contributed by atoms with Crippen molar-refractivity contribution in [3.8, 4) is 0 Å². The van der Waals surface area contributed by atoms with E-state index < -0.39 is 53.5 Å². The molecule has 0 radical (unpaired) electrons. The highest BCUT2D eigenvalue weighted by molar-refractivity contribution is 5.91. The van der Waals surface area contributed by atoms with Gasteiger partial charge in [-0.25, -0.2) is 4.79 Å². The van der Waals surface area contributed by atoms with Crippen LogP contribution in [0.1, 0.15) is 51.2 Å². The number of nitrogens with zero attached hydrogens (tertiary/aromatic N) is 1. The highest BCUT2D eigenvalue weighted by Gasteiger charge is 2.38. The molecule has 1 saturated heterocycles. The predicted molar refractivity (Wildman–Crippen MR) is 155 cm³/mol. The average Bonchev–Trinajstić information content (AvgIpc) is 3.42. The molecule has 2 aromatic carbocycles. The third kappa shape index (κ3) is 10.3. The van der Waals surface area contributed by atoms with Crippen LogP contribution in [0.5, 0.6) is 0 Å². The van der Waals surface area contributed by atoms with Crippen LogP contribution in [0.4, 0.5) is 0 Å². The smallest absolute Gasteiger partial charge is 0.326 e. The first-order valence-electron chi connectivity index (χ1n) is 14.0. The third-order valence-corrected chi connectivity index (χ3v) is 6.87. The van der Waals surface area contributed by atoms with Gasteiger partial charge >= 0.3 is 5.97 Å². The molecule has 3 amide bonds. The fraction of sp³-hybridized carbons (Fsp3) is 0.484. The minimum atomic E-state index is -1.06. The van der Waals surface area contributed by atoms with Gasteiger partial charge in [-0.1, -0.05) is 60.7 Å². The van der Waals surface area contributed by atoms with E-state index in [1.807, 2.05) is 81.4 Å². The summed E-state index contributed by atoms with van der Waals surface area (Å²) in [5.41, 5.74) is 7.36. The number of rotatable bonds is 13. The predicted octanol–water partition coefficient (Wildman–Crippen LogP) is 2.05. The van der Waals surface area contributed by atoms with Crippen LogP contribution in [-0.4, -0.2) is 76.6 Å². The molecule has 1 aliphatic heterocycles. The van der Waals surface area contributed by atoms with E-state index in [1.54, 1.807) is 0 Å². The van der Waals surface area contributed by atoms with Gasteiger partial charge in [0.25, 0.3) is 0 Å². The van der Waals surface area contributed by atoms with Crippen LogP contribution in [0.3, 0.4) is 0 Å². The molecular weight excluding hydrogens is 524 g/mol. The summed E-state index contributed by atoms with van der Waals surface area (Å²) in [6.07, 6.45) is 1.43. The number of nitrogens with two attached hydrogens (primary N) is 1. The second-order valence-corrected chi connectivity index (χ2v) is 11.5. The van der Waals surface area contributed by atoms with E-state index in [2.05, 4.69) is 10.6 Å². The number of hydrogen-bond donors (Lipinski definition) is 4. The Morgan fingerprint density at radius 2 is 1.56 bits per heavy atom. The molecule has 3 rings (SSSR count). The summed E-state index contributed by atoms with van der Waals surface area (Å²) >= 11 is 0. The van der Waals surface area contributed by atoms with Crippen LogP contribution in [0.25, 0.3) is 0 Å². The van der Waals surface area contributed by atoms with Gasteiger partial charge in [-0.2, -0.15) is 0 Å². The number of aliphatic carboxylic acids is 1. The molecule has 4 unspecified atom stereocenters. The van der Waals surface area contributed by atoms with Gasteiger partial charge in [0.1, 0.15) is 18.1 Å². The summed E-state index contributed by atoms with van der Waals surface area (Å²) < 4.78 is 5.65. The number of carboxylic acid groups (broad SMARTS) is 1. The summed E-state index contributed by atoms with van der Waals surface area (Å²) in [7, 11) is 0. The Bertz CT molecular complexity index is 1170. The maximum absolute atomic E-state index is 13.5. The fourth-order valence-corrected chi connectivity index (χ4v) is 4.81. The number of amides is 3. The van der Waals surface area contributed by atoms with Gasteiger partial charge in [0.2, 0.25) is 17.7 Å². The van der Waals surface area contributed by atoms with E-state index >= 15 is 0 Å². The monoisotopic (exact) mass is 566 g/mol. The Kier molecular flexibility index (Phi) is 11.4. The molecule has 41 heavy (non-hydrogen) atoms. The second-order valence-electron chi connectivity index (χ2n) is 11.5. The Morgan fingerprint density at radius 3 is 2.12 bits per heavy atom. The number of likely N-dealkylation sites (tertiary alicyclic amines) is 1. The van der Waals surface area contributed by atoms with Gasteiger partial charge in [0.15, 0.2) is 0 Å². The van der Waals surface area contributed by atoms with Crippen LogP contribution in [0, 0.1) is 0 Å². The van der Waals surface area contributed by atoms with E-state index in [4.69, 9.17) is 10.5 Å². The van der Waals surface area contributed by atoms with Gasteiger partial charge in [0.05, 0.1) is 12.2 Å². The minimum absolute atomic E-state index is 0.0216. The SMILES string of the molecule is CC(C)(C)OCC(N)C(=O)NC(CC(=O)NC(Cc1ccccc1)C(=O)N1CCCC1C(=O)O)Cc1ccccc1. The van der Waals surface area contributed by atoms with Crippen molar-refractivity contribution < 1.29 is 29.0 Å². The summed E-state index contributed by atoms with van der Waals surface area (Å²) in [6.45, 7) is 5.95. The molecular formula is C31H42N4O6. The van der Waals surface area contributed by atoms with Crippen molar-refractivity contribution in [1.82, 2.24) is 15.5 Å². The first kappa shape index (κ1) is 31.8. The zero-order valence-corrected chi connectivity index (χ0v) is 24.0. The van der Waals surface area contributed by atoms with Crippen molar-refractivity contribution in [2.24, 2.45) is 5.73 Å². The van der Waals surface area contributed by atoms with Gasteiger partial charge < -0.3 is 31.1 Å². The van der Waals surface area contributed by atoms with E-state index in [0.717, 1.165) is 11.1 Å². The number of benzene rings is 2. The number of carboxylic acids is 1. The number of carbonyl (C=O) groups is 4. The second kappa shape index (κ2) is 14.7. The molecule has 1 aliphatic rings. The van der Waals surface area contributed by atoms with Crippen LogP contribution >= 0.6 is 0 Å². The van der Waals surface area contributed by atoms with Crippen molar-refractivity contribution in [2.75, 3.05) is 13.2 Å². The van der Waals surface area contributed by atoms with Crippen molar-refractivity contribution in [3.05, 3.63) is 71.8 Å². The Morgan fingerprint density at radius 1 is 0.976 bits per heavy atom. The molecule has 1 heterocycles. The van der Waals surface area contributed by atoms with Gasteiger partial charge in [-0.15, -0.1) is 0 Å². The lowest BCUT2D eigenvalue weighted by molar-refractivity contribution is -0.149. The quantitative estimate of drug-likeness (QED) is 0.290. The largest absolute Gasteiger partial charge is 0.480 e. The average molecular weight is 567 g/mol. The number of ether oxygens (including phenoxy) is 1. The highest BCUT2D eigenvalue weighted by atomic mass is 16.5. The van der Waals surface area contributed by atoms with Crippen LogP contribution < -0.4 is 16.4 Å². The molecule has 10 nitrogen and oxygen atoms in total. The number of nitrogens with one attached hydrogen (secondary N) is 2. The van der Waals surface area contributed by atoms with Crippen LogP contribution in [0.2, 0.25) is 0 Å². The summed E-state index contributed by atoms with van der Waals surface area (Å²) in [6, 6.07) is 15.3.